The van der Waals surface area contributed by atoms with Crippen LogP contribution in [0.15, 0.2) is 82.9 Å². The first kappa shape index (κ1) is 20.8. The molecule has 1 aliphatic heterocycles. The number of halogens is 1. The van der Waals surface area contributed by atoms with Gasteiger partial charge in [-0.15, -0.1) is 11.6 Å². The number of benzene rings is 2. The highest BCUT2D eigenvalue weighted by atomic mass is 35.5. The van der Waals surface area contributed by atoms with E-state index in [9.17, 15) is 4.79 Å². The van der Waals surface area contributed by atoms with E-state index in [2.05, 4.69) is 30.4 Å². The number of carbonyl (C=O) groups excluding carboxylic acids is 1. The molecule has 4 rings (SSSR count). The number of allylic oxidation sites excluding steroid dienone is 6. The van der Waals surface area contributed by atoms with Crippen LogP contribution >= 0.6 is 23.5 Å². The fourth-order valence-electron chi connectivity index (χ4n) is 3.70. The number of rotatable bonds is 8. The van der Waals surface area contributed by atoms with E-state index in [-0.39, 0.29) is 0 Å². The molecule has 2 aromatic rings. The monoisotopic (exact) mass is 437 g/mol. The lowest BCUT2D eigenvalue weighted by Crippen LogP contribution is -2.22. The third-order valence-corrected chi connectivity index (χ3v) is 6.53. The predicted octanol–water partition coefficient (Wildman–Crippen LogP) is 6.80. The normalized spacial score (nSPS) is 15.6. The van der Waals surface area contributed by atoms with Crippen LogP contribution in [-0.2, 0) is 4.79 Å². The predicted molar refractivity (Wildman–Crippen MR) is 126 cm³/mol. The molecule has 154 valence electrons. The first-order chi connectivity index (χ1) is 14.8. The van der Waals surface area contributed by atoms with E-state index >= 15 is 0 Å². The summed E-state index contributed by atoms with van der Waals surface area (Å²) >= 11 is 7.36. The van der Waals surface area contributed by atoms with Crippen molar-refractivity contribution in [2.45, 2.75) is 30.6 Å². The molecule has 1 aliphatic carbocycles. The maximum absolute atomic E-state index is 12.4. The van der Waals surface area contributed by atoms with Gasteiger partial charge in [0.2, 0.25) is 0 Å². The summed E-state index contributed by atoms with van der Waals surface area (Å²) in [6, 6.07) is 16.2. The minimum absolute atomic E-state index is 0.599. The Balaban J connectivity index is 1.79. The van der Waals surface area contributed by atoms with Crippen LogP contribution in [0, 0.1) is 0 Å². The third-order valence-electron chi connectivity index (χ3n) is 5.14. The van der Waals surface area contributed by atoms with Crippen LogP contribution in [0.2, 0.25) is 0 Å². The molecule has 0 spiro atoms. The summed E-state index contributed by atoms with van der Waals surface area (Å²) in [4.78, 5) is 13.5. The Labute approximate surface area is 187 Å². The Kier molecular flexibility index (Phi) is 6.98. The third kappa shape index (κ3) is 4.35. The van der Waals surface area contributed by atoms with Crippen LogP contribution in [0.3, 0.4) is 0 Å². The lowest BCUT2D eigenvalue weighted by molar-refractivity contribution is -0.104. The van der Waals surface area contributed by atoms with E-state index in [1.54, 1.807) is 11.9 Å². The number of unbranched alkanes of at least 4 members (excludes halogenated alkanes) is 1. The first-order valence-corrected chi connectivity index (χ1v) is 11.5. The number of aldehydes is 1. The number of hydrogen-bond donors (Lipinski definition) is 0. The van der Waals surface area contributed by atoms with Crippen molar-refractivity contribution in [1.82, 2.24) is 0 Å². The summed E-state index contributed by atoms with van der Waals surface area (Å²) in [5, 5.41) is 0. The van der Waals surface area contributed by atoms with Crippen LogP contribution < -0.4 is 9.04 Å². The first-order valence-electron chi connectivity index (χ1n) is 10.2. The average molecular weight is 438 g/mol. The Morgan fingerprint density at radius 3 is 2.73 bits per heavy atom. The van der Waals surface area contributed by atoms with Crippen molar-refractivity contribution < 1.29 is 9.53 Å². The molecule has 3 nitrogen and oxygen atoms in total. The molecule has 0 aromatic heterocycles. The van der Waals surface area contributed by atoms with Crippen molar-refractivity contribution >= 4 is 41.1 Å². The van der Waals surface area contributed by atoms with Gasteiger partial charge in [0.1, 0.15) is 11.4 Å². The quantitative estimate of drug-likeness (QED) is 0.196. The van der Waals surface area contributed by atoms with Gasteiger partial charge in [0.25, 0.3) is 0 Å². The highest BCUT2D eigenvalue weighted by Crippen LogP contribution is 2.48. The van der Waals surface area contributed by atoms with E-state index in [4.69, 9.17) is 16.3 Å². The van der Waals surface area contributed by atoms with Gasteiger partial charge in [-0.2, -0.15) is 0 Å². The largest absolute Gasteiger partial charge is 0.491 e. The van der Waals surface area contributed by atoms with Crippen molar-refractivity contribution in [3.05, 3.63) is 83.6 Å². The number of para-hydroxylation sites is 2. The molecule has 0 atom stereocenters. The molecule has 5 heteroatoms. The highest BCUT2D eigenvalue weighted by molar-refractivity contribution is 8.01. The number of anilines is 1. The van der Waals surface area contributed by atoms with Gasteiger partial charge in [0, 0.05) is 16.3 Å². The van der Waals surface area contributed by atoms with Gasteiger partial charge < -0.3 is 4.74 Å². The van der Waals surface area contributed by atoms with Crippen molar-refractivity contribution in [2.24, 2.45) is 0 Å². The zero-order valence-corrected chi connectivity index (χ0v) is 18.3. The lowest BCUT2D eigenvalue weighted by Gasteiger charge is -2.33. The molecule has 1 heterocycles. The number of hydrogen-bond acceptors (Lipinski definition) is 4. The number of nitrogens with zero attached hydrogens (tertiary/aromatic N) is 1. The van der Waals surface area contributed by atoms with Crippen molar-refractivity contribution in [2.75, 3.05) is 16.8 Å². The van der Waals surface area contributed by atoms with Gasteiger partial charge in [-0.25, -0.2) is 0 Å². The van der Waals surface area contributed by atoms with E-state index in [1.165, 1.54) is 5.57 Å². The fraction of sp³-hybridized carbons (Fsp3) is 0.240. The second-order valence-electron chi connectivity index (χ2n) is 7.13. The van der Waals surface area contributed by atoms with Crippen molar-refractivity contribution in [1.29, 1.82) is 0 Å². The van der Waals surface area contributed by atoms with Crippen LogP contribution in [0.1, 0.15) is 31.2 Å². The molecule has 0 radical (unpaired) electrons. The SMILES string of the molecule is O=CC1=C(C2=CC=CCC2)c2ccccc2SN1c1ccccc1OCCCCCl. The summed E-state index contributed by atoms with van der Waals surface area (Å²) in [7, 11) is 0. The maximum atomic E-state index is 12.4. The minimum atomic E-state index is 0.599. The topological polar surface area (TPSA) is 29.5 Å². The van der Waals surface area contributed by atoms with E-state index in [0.29, 0.717) is 18.2 Å². The second-order valence-corrected chi connectivity index (χ2v) is 8.50. The number of alkyl halides is 1. The van der Waals surface area contributed by atoms with Gasteiger partial charge in [-0.05, 0) is 67.0 Å². The lowest BCUT2D eigenvalue weighted by atomic mass is 9.90. The standard InChI is InChI=1S/C25H24ClNO2S/c26-16-8-9-17-29-23-14-6-5-13-21(23)27-22(18-28)25(19-10-2-1-3-11-19)20-12-4-7-15-24(20)30-27/h1-2,4-7,10,12-15,18H,3,8-9,11,16-17H2. The Morgan fingerprint density at radius 1 is 1.10 bits per heavy atom. The Morgan fingerprint density at radius 2 is 1.93 bits per heavy atom. The molecule has 0 saturated carbocycles. The number of fused-ring (bicyclic) bond motifs is 1. The summed E-state index contributed by atoms with van der Waals surface area (Å²) in [5.74, 6) is 1.41. The zero-order valence-electron chi connectivity index (χ0n) is 16.7. The molecule has 2 aliphatic rings. The Bertz CT molecular complexity index is 1010. The smallest absolute Gasteiger partial charge is 0.168 e. The second kappa shape index (κ2) is 10.1. The average Bonchev–Trinajstić information content (AvgIpc) is 2.81. The fourth-order valence-corrected chi connectivity index (χ4v) is 4.98. The van der Waals surface area contributed by atoms with Gasteiger partial charge in [0.15, 0.2) is 6.29 Å². The number of ether oxygens (including phenoxy) is 1. The van der Waals surface area contributed by atoms with E-state index in [1.807, 2.05) is 40.7 Å². The minimum Gasteiger partial charge on any atom is -0.491 e. The molecule has 0 amide bonds. The van der Waals surface area contributed by atoms with Crippen LogP contribution in [-0.4, -0.2) is 18.8 Å². The molecule has 30 heavy (non-hydrogen) atoms. The van der Waals surface area contributed by atoms with Crippen LogP contribution in [0.25, 0.3) is 5.57 Å². The molecule has 0 fully saturated rings. The molecule has 2 aromatic carbocycles. The van der Waals surface area contributed by atoms with Crippen LogP contribution in [0.5, 0.6) is 5.75 Å². The molecule has 0 unspecified atom stereocenters. The molecule has 0 saturated heterocycles. The molecular formula is C25H24ClNO2S. The van der Waals surface area contributed by atoms with Gasteiger partial charge >= 0.3 is 0 Å². The maximum Gasteiger partial charge on any atom is 0.168 e. The summed E-state index contributed by atoms with van der Waals surface area (Å²) in [5.41, 5.74) is 4.87. The van der Waals surface area contributed by atoms with Crippen molar-refractivity contribution in [3.63, 3.8) is 0 Å². The zero-order chi connectivity index (χ0) is 20.8. The van der Waals surface area contributed by atoms with E-state index < -0.39 is 0 Å². The van der Waals surface area contributed by atoms with Gasteiger partial charge in [-0.3, -0.25) is 9.10 Å². The summed E-state index contributed by atoms with van der Waals surface area (Å²) < 4.78 is 8.09. The molecular weight excluding hydrogens is 414 g/mol. The van der Waals surface area contributed by atoms with E-state index in [0.717, 1.165) is 59.4 Å². The van der Waals surface area contributed by atoms with Gasteiger partial charge in [0.05, 0.1) is 12.3 Å². The molecule has 0 N–H and O–H groups in total. The molecule has 0 bridgehead atoms. The van der Waals surface area contributed by atoms with Crippen molar-refractivity contribution in [3.8, 4) is 5.75 Å². The summed E-state index contributed by atoms with van der Waals surface area (Å²) in [6.07, 6.45) is 11.1. The number of carbonyl (C=O) groups is 1. The van der Waals surface area contributed by atoms with Crippen LogP contribution in [0.4, 0.5) is 5.69 Å². The van der Waals surface area contributed by atoms with Gasteiger partial charge in [-0.1, -0.05) is 48.6 Å². The highest BCUT2D eigenvalue weighted by Gasteiger charge is 2.30. The Hall–Kier alpha value is -2.43. The summed E-state index contributed by atoms with van der Waals surface area (Å²) in [6.45, 7) is 0.599.